The first-order chi connectivity index (χ1) is 8.58. The van der Waals surface area contributed by atoms with Crippen LogP contribution >= 0.6 is 0 Å². The second kappa shape index (κ2) is 5.75. The first-order valence-electron chi connectivity index (χ1n) is 6.29. The van der Waals surface area contributed by atoms with Gasteiger partial charge < -0.3 is 10.2 Å². The Morgan fingerprint density at radius 1 is 1.56 bits per heavy atom. The number of piperidine rings is 1. The van der Waals surface area contributed by atoms with E-state index in [2.05, 4.69) is 29.2 Å². The number of nitrogens with one attached hydrogen (secondary N) is 1. The number of imidazole rings is 1. The smallest absolute Gasteiger partial charge is 0.307 e. The van der Waals surface area contributed by atoms with E-state index in [0.717, 1.165) is 24.1 Å². The van der Waals surface area contributed by atoms with E-state index in [1.807, 2.05) is 0 Å². The molecule has 0 radical (unpaired) electrons. The van der Waals surface area contributed by atoms with Crippen LogP contribution in [0.3, 0.4) is 0 Å². The summed E-state index contributed by atoms with van der Waals surface area (Å²) < 4.78 is 26.2. The summed E-state index contributed by atoms with van der Waals surface area (Å²) in [5.74, 6) is 0.926. The number of aromatic nitrogens is 2. The molecule has 0 spiro atoms. The average Bonchev–Trinajstić information content (AvgIpc) is 2.76. The van der Waals surface area contributed by atoms with Crippen LogP contribution in [0.1, 0.15) is 25.7 Å². The molecule has 1 aromatic rings. The molecule has 0 bridgehead atoms. The van der Waals surface area contributed by atoms with Crippen molar-refractivity contribution in [2.45, 2.75) is 32.5 Å². The first-order valence-corrected chi connectivity index (χ1v) is 6.29. The lowest BCUT2D eigenvalue weighted by Gasteiger charge is -2.35. The Morgan fingerprint density at radius 3 is 3.00 bits per heavy atom. The van der Waals surface area contributed by atoms with Crippen LogP contribution in [0.2, 0.25) is 0 Å². The third kappa shape index (κ3) is 3.05. The minimum Gasteiger partial charge on any atom is -0.307 e. The SMILES string of the molecule is CC1CN(C)CCC1NCc1nccn1C(F)F. The van der Waals surface area contributed by atoms with Crippen LogP contribution in [0.25, 0.3) is 0 Å². The van der Waals surface area contributed by atoms with E-state index < -0.39 is 6.55 Å². The fraction of sp³-hybridized carbons (Fsp3) is 0.750. The Labute approximate surface area is 106 Å². The molecule has 1 aliphatic rings. The van der Waals surface area contributed by atoms with Crippen LogP contribution in [0.5, 0.6) is 0 Å². The van der Waals surface area contributed by atoms with Gasteiger partial charge in [0.05, 0.1) is 6.54 Å². The Balaban J connectivity index is 1.89. The van der Waals surface area contributed by atoms with E-state index in [9.17, 15) is 8.78 Å². The average molecular weight is 258 g/mol. The lowest BCUT2D eigenvalue weighted by molar-refractivity contribution is 0.0660. The summed E-state index contributed by atoms with van der Waals surface area (Å²) in [7, 11) is 2.11. The molecule has 1 aliphatic heterocycles. The topological polar surface area (TPSA) is 33.1 Å². The van der Waals surface area contributed by atoms with Gasteiger partial charge in [-0.3, -0.25) is 4.57 Å². The monoisotopic (exact) mass is 258 g/mol. The van der Waals surface area contributed by atoms with Crippen LogP contribution in [0.4, 0.5) is 8.78 Å². The quantitative estimate of drug-likeness (QED) is 0.892. The van der Waals surface area contributed by atoms with E-state index in [0.29, 0.717) is 24.3 Å². The van der Waals surface area contributed by atoms with Crippen LogP contribution in [0, 0.1) is 5.92 Å². The lowest BCUT2D eigenvalue weighted by Crippen LogP contribution is -2.46. The van der Waals surface area contributed by atoms with Crippen molar-refractivity contribution in [3.63, 3.8) is 0 Å². The maximum absolute atomic E-state index is 12.6. The van der Waals surface area contributed by atoms with Gasteiger partial charge in [0.15, 0.2) is 0 Å². The van der Waals surface area contributed by atoms with Crippen molar-refractivity contribution in [2.75, 3.05) is 20.1 Å². The molecule has 0 amide bonds. The summed E-state index contributed by atoms with van der Waals surface area (Å²) in [6.45, 7) is 2.16. The Hall–Kier alpha value is -1.01. The zero-order valence-corrected chi connectivity index (χ0v) is 10.8. The van der Waals surface area contributed by atoms with Crippen molar-refractivity contribution in [1.82, 2.24) is 19.8 Å². The van der Waals surface area contributed by atoms with Gasteiger partial charge in [-0.2, -0.15) is 8.78 Å². The highest BCUT2D eigenvalue weighted by Crippen LogP contribution is 2.17. The van der Waals surface area contributed by atoms with E-state index >= 15 is 0 Å². The van der Waals surface area contributed by atoms with E-state index in [-0.39, 0.29) is 0 Å². The Kier molecular flexibility index (Phi) is 4.29. The number of hydrogen-bond acceptors (Lipinski definition) is 3. The molecule has 2 unspecified atom stereocenters. The van der Waals surface area contributed by atoms with E-state index in [4.69, 9.17) is 0 Å². The molecule has 18 heavy (non-hydrogen) atoms. The minimum atomic E-state index is -2.51. The predicted octanol–water partition coefficient (Wildman–Crippen LogP) is 1.71. The summed E-state index contributed by atoms with van der Waals surface area (Å²) in [6, 6.07) is 0.379. The van der Waals surface area contributed by atoms with Crippen molar-refractivity contribution < 1.29 is 8.78 Å². The fourth-order valence-corrected chi connectivity index (χ4v) is 2.54. The molecule has 1 N–H and O–H groups in total. The normalized spacial score (nSPS) is 25.8. The Bertz CT molecular complexity index is 380. The zero-order chi connectivity index (χ0) is 13.1. The summed E-state index contributed by atoms with van der Waals surface area (Å²) in [5, 5.41) is 3.35. The minimum absolute atomic E-state index is 0.379. The highest BCUT2D eigenvalue weighted by molar-refractivity contribution is 4.93. The molecule has 4 nitrogen and oxygen atoms in total. The molecule has 2 atom stereocenters. The van der Waals surface area contributed by atoms with Crippen molar-refractivity contribution in [3.05, 3.63) is 18.2 Å². The number of nitrogens with zero attached hydrogens (tertiary/aromatic N) is 3. The molecular weight excluding hydrogens is 238 g/mol. The summed E-state index contributed by atoms with van der Waals surface area (Å²) in [4.78, 5) is 6.27. The summed E-state index contributed by atoms with van der Waals surface area (Å²) in [5.41, 5.74) is 0. The van der Waals surface area contributed by atoms with Gasteiger partial charge in [0.1, 0.15) is 5.82 Å². The molecule has 6 heteroatoms. The van der Waals surface area contributed by atoms with Gasteiger partial charge in [-0.05, 0) is 25.9 Å². The molecule has 2 heterocycles. The number of halogens is 2. The van der Waals surface area contributed by atoms with Crippen LogP contribution in [0.15, 0.2) is 12.4 Å². The van der Waals surface area contributed by atoms with Gasteiger partial charge >= 0.3 is 6.55 Å². The fourth-order valence-electron chi connectivity index (χ4n) is 2.54. The maximum atomic E-state index is 12.6. The Morgan fingerprint density at radius 2 is 2.33 bits per heavy atom. The van der Waals surface area contributed by atoms with Crippen molar-refractivity contribution in [3.8, 4) is 0 Å². The number of likely N-dealkylation sites (tertiary alicyclic amines) is 1. The van der Waals surface area contributed by atoms with Gasteiger partial charge in [-0.25, -0.2) is 4.98 Å². The highest BCUT2D eigenvalue weighted by Gasteiger charge is 2.24. The summed E-state index contributed by atoms with van der Waals surface area (Å²) in [6.07, 6.45) is 3.79. The molecular formula is C12H20F2N4. The third-order valence-corrected chi connectivity index (χ3v) is 3.59. The van der Waals surface area contributed by atoms with Gasteiger partial charge in [-0.1, -0.05) is 6.92 Å². The van der Waals surface area contributed by atoms with E-state index in [1.54, 1.807) is 0 Å². The molecule has 1 saturated heterocycles. The molecule has 2 rings (SSSR count). The molecule has 1 aromatic heterocycles. The van der Waals surface area contributed by atoms with Crippen LogP contribution in [-0.4, -0.2) is 40.6 Å². The zero-order valence-electron chi connectivity index (χ0n) is 10.8. The van der Waals surface area contributed by atoms with Crippen LogP contribution in [-0.2, 0) is 6.54 Å². The molecule has 0 aliphatic carbocycles. The van der Waals surface area contributed by atoms with E-state index in [1.165, 1.54) is 12.4 Å². The number of alkyl halides is 2. The van der Waals surface area contributed by atoms with Gasteiger partial charge in [0, 0.05) is 25.0 Å². The van der Waals surface area contributed by atoms with Gasteiger partial charge in [-0.15, -0.1) is 0 Å². The maximum Gasteiger partial charge on any atom is 0.319 e. The van der Waals surface area contributed by atoms with Gasteiger partial charge in [0.2, 0.25) is 0 Å². The molecule has 102 valence electrons. The molecule has 1 fully saturated rings. The molecule has 0 aromatic carbocycles. The summed E-state index contributed by atoms with van der Waals surface area (Å²) >= 11 is 0. The largest absolute Gasteiger partial charge is 0.319 e. The lowest BCUT2D eigenvalue weighted by atomic mass is 9.94. The van der Waals surface area contributed by atoms with Crippen molar-refractivity contribution in [1.29, 1.82) is 0 Å². The standard InChI is InChI=1S/C12H20F2N4/c1-9-8-17(2)5-3-10(9)16-7-11-15-4-6-18(11)12(13)14/h4,6,9-10,12,16H,3,5,7-8H2,1-2H3. The first kappa shape index (κ1) is 13.4. The van der Waals surface area contributed by atoms with Crippen molar-refractivity contribution in [2.24, 2.45) is 5.92 Å². The number of rotatable bonds is 4. The van der Waals surface area contributed by atoms with Crippen LogP contribution < -0.4 is 5.32 Å². The highest BCUT2D eigenvalue weighted by atomic mass is 19.3. The predicted molar refractivity (Wildman–Crippen MR) is 65.4 cm³/mol. The molecule has 0 saturated carbocycles. The third-order valence-electron chi connectivity index (χ3n) is 3.59. The number of hydrogen-bond donors (Lipinski definition) is 1. The second-order valence-electron chi connectivity index (χ2n) is 5.04. The van der Waals surface area contributed by atoms with Gasteiger partial charge in [0.25, 0.3) is 0 Å². The second-order valence-corrected chi connectivity index (χ2v) is 5.04. The van der Waals surface area contributed by atoms with Crippen molar-refractivity contribution >= 4 is 0 Å².